The van der Waals surface area contributed by atoms with Crippen LogP contribution in [0.25, 0.3) is 0 Å². The lowest BCUT2D eigenvalue weighted by Crippen LogP contribution is -2.49. The van der Waals surface area contributed by atoms with Gasteiger partial charge in [0.1, 0.15) is 17.5 Å². The van der Waals surface area contributed by atoms with Crippen molar-refractivity contribution in [3.63, 3.8) is 0 Å². The van der Waals surface area contributed by atoms with Gasteiger partial charge in [0.05, 0.1) is 0 Å². The van der Waals surface area contributed by atoms with Gasteiger partial charge in [-0.15, -0.1) is 0 Å². The van der Waals surface area contributed by atoms with Crippen LogP contribution in [0, 0.1) is 12.8 Å². The van der Waals surface area contributed by atoms with Crippen molar-refractivity contribution in [2.45, 2.75) is 27.2 Å². The Balaban J connectivity index is 2.01. The fourth-order valence-electron chi connectivity index (χ4n) is 2.59. The Hall–Kier alpha value is -1.85. The van der Waals surface area contributed by atoms with Gasteiger partial charge in [0.2, 0.25) is 5.91 Å². The largest absolute Gasteiger partial charge is 0.363 e. The third-order valence-corrected chi connectivity index (χ3v) is 3.81. The molecule has 2 heterocycles. The molecule has 0 aliphatic carbocycles. The minimum atomic E-state index is 0.266. The molecule has 0 N–H and O–H groups in total. The van der Waals surface area contributed by atoms with E-state index >= 15 is 0 Å². The first-order valence-corrected chi connectivity index (χ1v) is 7.92. The standard InChI is InChI=1S/C16H27N5O/c1-12(2)10-16(22)21-8-6-20(7-9-21)15-11-14(19(4)5)17-13(3)18-15/h11-12H,6-10H2,1-5H3. The van der Waals surface area contributed by atoms with Crippen LogP contribution in [0.5, 0.6) is 0 Å². The highest BCUT2D eigenvalue weighted by Gasteiger charge is 2.22. The minimum Gasteiger partial charge on any atom is -0.363 e. The highest BCUT2D eigenvalue weighted by Crippen LogP contribution is 2.19. The van der Waals surface area contributed by atoms with Gasteiger partial charge in [0.15, 0.2) is 0 Å². The van der Waals surface area contributed by atoms with Crippen molar-refractivity contribution in [1.29, 1.82) is 0 Å². The molecule has 0 atom stereocenters. The number of aromatic nitrogens is 2. The molecule has 0 saturated carbocycles. The molecule has 1 aromatic heterocycles. The topological polar surface area (TPSA) is 52.6 Å². The van der Waals surface area contributed by atoms with Gasteiger partial charge < -0.3 is 14.7 Å². The molecule has 0 radical (unpaired) electrons. The van der Waals surface area contributed by atoms with Crippen molar-refractivity contribution in [2.75, 3.05) is 50.1 Å². The summed E-state index contributed by atoms with van der Waals surface area (Å²) >= 11 is 0. The van der Waals surface area contributed by atoms with Crippen molar-refractivity contribution < 1.29 is 4.79 Å². The Morgan fingerprint density at radius 2 is 1.86 bits per heavy atom. The molecule has 0 bridgehead atoms. The highest BCUT2D eigenvalue weighted by atomic mass is 16.2. The maximum absolute atomic E-state index is 12.1. The normalized spacial score (nSPS) is 15.4. The monoisotopic (exact) mass is 305 g/mol. The second-order valence-corrected chi connectivity index (χ2v) is 6.49. The van der Waals surface area contributed by atoms with E-state index in [9.17, 15) is 4.79 Å². The third kappa shape index (κ3) is 4.08. The zero-order valence-electron chi connectivity index (χ0n) is 14.3. The maximum Gasteiger partial charge on any atom is 0.222 e. The zero-order chi connectivity index (χ0) is 16.3. The van der Waals surface area contributed by atoms with Gasteiger partial charge in [-0.2, -0.15) is 0 Å². The van der Waals surface area contributed by atoms with Gasteiger partial charge in [-0.1, -0.05) is 13.8 Å². The number of rotatable bonds is 4. The first kappa shape index (κ1) is 16.5. The predicted molar refractivity (Wildman–Crippen MR) is 89.3 cm³/mol. The summed E-state index contributed by atoms with van der Waals surface area (Å²) in [5.41, 5.74) is 0. The number of nitrogens with zero attached hydrogens (tertiary/aromatic N) is 5. The average Bonchev–Trinajstić information content (AvgIpc) is 2.46. The Morgan fingerprint density at radius 3 is 2.41 bits per heavy atom. The van der Waals surface area contributed by atoms with Crippen molar-refractivity contribution >= 4 is 17.5 Å². The van der Waals surface area contributed by atoms with E-state index in [0.29, 0.717) is 12.3 Å². The average molecular weight is 305 g/mol. The van der Waals surface area contributed by atoms with E-state index in [2.05, 4.69) is 28.7 Å². The Labute approximate surface area is 133 Å². The zero-order valence-corrected chi connectivity index (χ0v) is 14.3. The highest BCUT2D eigenvalue weighted by molar-refractivity contribution is 5.76. The summed E-state index contributed by atoms with van der Waals surface area (Å²) in [6.45, 7) is 9.28. The number of piperazine rings is 1. The van der Waals surface area contributed by atoms with E-state index in [1.165, 1.54) is 0 Å². The molecule has 1 amide bonds. The van der Waals surface area contributed by atoms with Gasteiger partial charge in [-0.25, -0.2) is 9.97 Å². The molecule has 0 unspecified atom stereocenters. The van der Waals surface area contributed by atoms with Crippen molar-refractivity contribution in [3.8, 4) is 0 Å². The number of anilines is 2. The molecule has 0 aromatic carbocycles. The first-order chi connectivity index (χ1) is 10.4. The summed E-state index contributed by atoms with van der Waals surface area (Å²) in [4.78, 5) is 27.3. The molecule has 122 valence electrons. The summed E-state index contributed by atoms with van der Waals surface area (Å²) in [6.07, 6.45) is 0.636. The van der Waals surface area contributed by atoms with Crippen LogP contribution < -0.4 is 9.80 Å². The van der Waals surface area contributed by atoms with E-state index < -0.39 is 0 Å². The summed E-state index contributed by atoms with van der Waals surface area (Å²) in [5.74, 6) is 3.33. The Morgan fingerprint density at radius 1 is 1.23 bits per heavy atom. The van der Waals surface area contributed by atoms with Crippen LogP contribution in [0.3, 0.4) is 0 Å². The van der Waals surface area contributed by atoms with Crippen LogP contribution in [0.2, 0.25) is 0 Å². The minimum absolute atomic E-state index is 0.266. The number of carbonyl (C=O) groups is 1. The second-order valence-electron chi connectivity index (χ2n) is 6.49. The van der Waals surface area contributed by atoms with Crippen LogP contribution in [0.15, 0.2) is 6.07 Å². The molecule has 6 heteroatoms. The second kappa shape index (κ2) is 6.94. The smallest absolute Gasteiger partial charge is 0.222 e. The molecule has 1 saturated heterocycles. The lowest BCUT2D eigenvalue weighted by molar-refractivity contribution is -0.132. The Kier molecular flexibility index (Phi) is 5.21. The quantitative estimate of drug-likeness (QED) is 0.845. The summed E-state index contributed by atoms with van der Waals surface area (Å²) < 4.78 is 0. The first-order valence-electron chi connectivity index (χ1n) is 7.92. The maximum atomic E-state index is 12.1. The summed E-state index contributed by atoms with van der Waals surface area (Å²) in [7, 11) is 3.96. The summed E-state index contributed by atoms with van der Waals surface area (Å²) in [5, 5.41) is 0. The van der Waals surface area contributed by atoms with Crippen LogP contribution >= 0.6 is 0 Å². The number of carbonyl (C=O) groups excluding carboxylic acids is 1. The predicted octanol–water partition coefficient (Wildman–Crippen LogP) is 1.55. The van der Waals surface area contributed by atoms with Crippen LogP contribution in [0.1, 0.15) is 26.1 Å². The molecule has 0 spiro atoms. The number of aryl methyl sites for hydroxylation is 1. The number of amides is 1. The number of hydrogen-bond acceptors (Lipinski definition) is 5. The molecule has 1 aliphatic heterocycles. The molecular formula is C16H27N5O. The molecule has 6 nitrogen and oxygen atoms in total. The van der Waals surface area contributed by atoms with Gasteiger partial charge >= 0.3 is 0 Å². The van der Waals surface area contributed by atoms with Gasteiger partial charge in [0.25, 0.3) is 0 Å². The van der Waals surface area contributed by atoms with Crippen molar-refractivity contribution in [3.05, 3.63) is 11.9 Å². The Bertz CT molecular complexity index is 521. The van der Waals surface area contributed by atoms with E-state index in [1.807, 2.05) is 36.9 Å². The fourth-order valence-corrected chi connectivity index (χ4v) is 2.59. The van der Waals surface area contributed by atoms with Gasteiger partial charge in [-0.3, -0.25) is 4.79 Å². The van der Waals surface area contributed by atoms with Crippen LogP contribution in [0.4, 0.5) is 11.6 Å². The summed E-state index contributed by atoms with van der Waals surface area (Å²) in [6, 6.07) is 2.01. The SMILES string of the molecule is Cc1nc(N(C)C)cc(N2CCN(C(=O)CC(C)C)CC2)n1. The molecule has 2 rings (SSSR count). The van der Waals surface area contributed by atoms with Crippen LogP contribution in [-0.2, 0) is 4.79 Å². The van der Waals surface area contributed by atoms with Crippen molar-refractivity contribution in [2.24, 2.45) is 5.92 Å². The van der Waals surface area contributed by atoms with Crippen LogP contribution in [-0.4, -0.2) is 61.0 Å². The lowest BCUT2D eigenvalue weighted by Gasteiger charge is -2.36. The molecule has 22 heavy (non-hydrogen) atoms. The molecule has 1 aromatic rings. The van der Waals surface area contributed by atoms with Crippen molar-refractivity contribution in [1.82, 2.24) is 14.9 Å². The molecular weight excluding hydrogens is 278 g/mol. The van der Waals surface area contributed by atoms with Gasteiger partial charge in [-0.05, 0) is 12.8 Å². The number of hydrogen-bond donors (Lipinski definition) is 0. The molecule has 1 aliphatic rings. The fraction of sp³-hybridized carbons (Fsp3) is 0.688. The van der Waals surface area contributed by atoms with E-state index in [-0.39, 0.29) is 5.91 Å². The van der Waals surface area contributed by atoms with E-state index in [4.69, 9.17) is 0 Å². The third-order valence-electron chi connectivity index (χ3n) is 3.81. The van der Waals surface area contributed by atoms with Gasteiger partial charge in [0, 0.05) is 52.8 Å². The van der Waals surface area contributed by atoms with E-state index in [1.54, 1.807) is 0 Å². The molecule has 1 fully saturated rings. The lowest BCUT2D eigenvalue weighted by atomic mass is 10.1. The van der Waals surface area contributed by atoms with E-state index in [0.717, 1.165) is 43.6 Å².